The van der Waals surface area contributed by atoms with Gasteiger partial charge < -0.3 is 25.4 Å². The fraction of sp³-hybridized carbons (Fsp3) is 0.462. The lowest BCUT2D eigenvalue weighted by molar-refractivity contribution is -0.142. The third-order valence-electron chi connectivity index (χ3n) is 2.54. The highest BCUT2D eigenvalue weighted by Crippen LogP contribution is 2.13. The Hall–Kier alpha value is -1.63. The van der Waals surface area contributed by atoms with Crippen LogP contribution in [0.15, 0.2) is 24.3 Å². The van der Waals surface area contributed by atoms with E-state index in [1.54, 1.807) is 24.3 Å². The second-order valence-corrected chi connectivity index (χ2v) is 4.13. The van der Waals surface area contributed by atoms with Crippen LogP contribution >= 0.6 is 0 Å². The third-order valence-corrected chi connectivity index (χ3v) is 2.54. The second-order valence-electron chi connectivity index (χ2n) is 4.13. The monoisotopic (exact) mass is 269 g/mol. The number of ether oxygens (including phenoxy) is 2. The van der Waals surface area contributed by atoms with Crippen molar-refractivity contribution in [3.8, 4) is 5.75 Å². The molecule has 0 saturated carbocycles. The van der Waals surface area contributed by atoms with Crippen molar-refractivity contribution < 1.29 is 24.5 Å². The first-order valence-corrected chi connectivity index (χ1v) is 5.91. The molecule has 1 aromatic carbocycles. The van der Waals surface area contributed by atoms with Gasteiger partial charge in [0.2, 0.25) is 0 Å². The highest BCUT2D eigenvalue weighted by Gasteiger charge is 2.14. The number of nitrogens with two attached hydrogens (primary N) is 1. The van der Waals surface area contributed by atoms with Crippen LogP contribution < -0.4 is 10.5 Å². The molecule has 0 amide bonds. The Labute approximate surface area is 111 Å². The van der Waals surface area contributed by atoms with Gasteiger partial charge in [-0.1, -0.05) is 12.1 Å². The molecule has 0 radical (unpaired) electrons. The molecule has 0 fully saturated rings. The molecule has 0 aliphatic heterocycles. The van der Waals surface area contributed by atoms with Crippen LogP contribution in [0.3, 0.4) is 0 Å². The molecule has 0 heterocycles. The molecule has 19 heavy (non-hydrogen) atoms. The van der Waals surface area contributed by atoms with Crippen LogP contribution in [0.1, 0.15) is 5.56 Å². The normalized spacial score (nSPS) is 13.7. The van der Waals surface area contributed by atoms with Gasteiger partial charge in [0.15, 0.2) is 0 Å². The molecule has 6 nitrogen and oxygen atoms in total. The maximum atomic E-state index is 11.2. The number of methoxy groups -OCH3 is 1. The number of aliphatic hydroxyl groups is 2. The maximum absolute atomic E-state index is 11.2. The van der Waals surface area contributed by atoms with Crippen LogP contribution in [-0.2, 0) is 16.0 Å². The van der Waals surface area contributed by atoms with Crippen LogP contribution in [-0.4, -0.2) is 48.7 Å². The van der Waals surface area contributed by atoms with E-state index in [0.29, 0.717) is 12.2 Å². The first kappa shape index (κ1) is 15.4. The van der Waals surface area contributed by atoms with Crippen LogP contribution in [0.4, 0.5) is 0 Å². The Morgan fingerprint density at radius 2 is 2.00 bits per heavy atom. The Morgan fingerprint density at radius 3 is 2.53 bits per heavy atom. The molecule has 1 aromatic rings. The molecular formula is C13H19NO5. The molecule has 0 bridgehead atoms. The van der Waals surface area contributed by atoms with Crippen molar-refractivity contribution in [3.63, 3.8) is 0 Å². The van der Waals surface area contributed by atoms with Gasteiger partial charge in [-0.2, -0.15) is 0 Å². The van der Waals surface area contributed by atoms with E-state index in [4.69, 9.17) is 20.7 Å². The summed E-state index contributed by atoms with van der Waals surface area (Å²) in [5, 5.41) is 17.8. The average Bonchev–Trinajstić information content (AvgIpc) is 2.45. The summed E-state index contributed by atoms with van der Waals surface area (Å²) < 4.78 is 9.80. The molecule has 1 rings (SSSR count). The first-order chi connectivity index (χ1) is 9.06. The lowest BCUT2D eigenvalue weighted by Gasteiger charge is -2.11. The Kier molecular flexibility index (Phi) is 6.27. The first-order valence-electron chi connectivity index (χ1n) is 5.91. The van der Waals surface area contributed by atoms with Crippen LogP contribution in [0.25, 0.3) is 0 Å². The van der Waals surface area contributed by atoms with Gasteiger partial charge in [0.25, 0.3) is 0 Å². The molecule has 0 spiro atoms. The lowest BCUT2D eigenvalue weighted by Crippen LogP contribution is -2.33. The maximum Gasteiger partial charge on any atom is 0.322 e. The smallest absolute Gasteiger partial charge is 0.322 e. The van der Waals surface area contributed by atoms with Crippen molar-refractivity contribution in [2.24, 2.45) is 5.73 Å². The van der Waals surface area contributed by atoms with Gasteiger partial charge in [0.05, 0.1) is 13.7 Å². The highest BCUT2D eigenvalue weighted by molar-refractivity contribution is 5.75. The predicted molar refractivity (Wildman–Crippen MR) is 68.7 cm³/mol. The summed E-state index contributed by atoms with van der Waals surface area (Å²) in [6.07, 6.45) is -0.515. The van der Waals surface area contributed by atoms with Crippen molar-refractivity contribution in [1.29, 1.82) is 0 Å². The Balaban J connectivity index is 2.49. The summed E-state index contributed by atoms with van der Waals surface area (Å²) in [5.74, 6) is 0.120. The number of carbonyl (C=O) groups excluding carboxylic acids is 1. The third kappa shape index (κ3) is 5.25. The summed E-state index contributed by atoms with van der Waals surface area (Å²) in [7, 11) is 1.30. The van der Waals surface area contributed by atoms with Crippen LogP contribution in [0.2, 0.25) is 0 Å². The van der Waals surface area contributed by atoms with Crippen molar-refractivity contribution >= 4 is 5.97 Å². The fourth-order valence-electron chi connectivity index (χ4n) is 1.46. The number of hydrogen-bond donors (Lipinski definition) is 3. The number of benzene rings is 1. The van der Waals surface area contributed by atoms with E-state index in [1.807, 2.05) is 0 Å². The molecule has 106 valence electrons. The summed E-state index contributed by atoms with van der Waals surface area (Å²) in [5.41, 5.74) is 6.53. The van der Waals surface area contributed by atoms with Crippen LogP contribution in [0.5, 0.6) is 5.75 Å². The molecule has 4 N–H and O–H groups in total. The predicted octanol–water partition coefficient (Wildman–Crippen LogP) is -0.539. The second kappa shape index (κ2) is 7.73. The summed E-state index contributed by atoms with van der Waals surface area (Å²) in [6.45, 7) is -0.316. The molecule has 0 aromatic heterocycles. The summed E-state index contributed by atoms with van der Waals surface area (Å²) in [4.78, 5) is 11.2. The number of hydrogen-bond acceptors (Lipinski definition) is 6. The van der Waals surface area contributed by atoms with Gasteiger partial charge in [-0.25, -0.2) is 0 Å². The van der Waals surface area contributed by atoms with E-state index in [1.165, 1.54) is 7.11 Å². The Morgan fingerprint density at radius 1 is 1.37 bits per heavy atom. The number of esters is 1. The number of carbonyl (C=O) groups is 1. The largest absolute Gasteiger partial charge is 0.491 e. The number of rotatable bonds is 7. The van der Waals surface area contributed by atoms with E-state index in [0.717, 1.165) is 5.56 Å². The zero-order valence-corrected chi connectivity index (χ0v) is 10.8. The van der Waals surface area contributed by atoms with E-state index in [9.17, 15) is 4.79 Å². The van der Waals surface area contributed by atoms with E-state index >= 15 is 0 Å². The van der Waals surface area contributed by atoms with E-state index in [-0.39, 0.29) is 13.2 Å². The van der Waals surface area contributed by atoms with Crippen LogP contribution in [0, 0.1) is 0 Å². The van der Waals surface area contributed by atoms with Crippen molar-refractivity contribution in [2.45, 2.75) is 18.6 Å². The van der Waals surface area contributed by atoms with Gasteiger partial charge in [-0.05, 0) is 24.1 Å². The quantitative estimate of drug-likeness (QED) is 0.575. The zero-order chi connectivity index (χ0) is 14.3. The molecule has 0 saturated heterocycles. The minimum absolute atomic E-state index is 0.0253. The molecule has 1 unspecified atom stereocenters. The Bertz CT molecular complexity index is 393. The zero-order valence-electron chi connectivity index (χ0n) is 10.8. The molecular weight excluding hydrogens is 250 g/mol. The average molecular weight is 269 g/mol. The fourth-order valence-corrected chi connectivity index (χ4v) is 1.46. The van der Waals surface area contributed by atoms with E-state index in [2.05, 4.69) is 4.74 Å². The number of aliphatic hydroxyl groups excluding tert-OH is 2. The topological polar surface area (TPSA) is 102 Å². The molecule has 6 heteroatoms. The van der Waals surface area contributed by atoms with E-state index < -0.39 is 18.1 Å². The van der Waals surface area contributed by atoms with Gasteiger partial charge in [0.1, 0.15) is 24.5 Å². The summed E-state index contributed by atoms with van der Waals surface area (Å²) >= 11 is 0. The lowest BCUT2D eigenvalue weighted by atomic mass is 10.1. The minimum atomic E-state index is -0.896. The highest BCUT2D eigenvalue weighted by atomic mass is 16.5. The molecule has 0 aliphatic carbocycles. The van der Waals surface area contributed by atoms with Gasteiger partial charge in [-0.3, -0.25) is 4.79 Å². The molecule has 0 aliphatic rings. The van der Waals surface area contributed by atoms with Crippen molar-refractivity contribution in [3.05, 3.63) is 29.8 Å². The minimum Gasteiger partial charge on any atom is -0.491 e. The summed E-state index contributed by atoms with van der Waals surface area (Å²) in [6, 6.07) is 6.30. The van der Waals surface area contributed by atoms with Gasteiger partial charge in [0, 0.05) is 0 Å². The SMILES string of the molecule is COC(=O)[C@@H](N)Cc1ccc(OCC(O)CO)cc1. The van der Waals surface area contributed by atoms with Gasteiger partial charge >= 0.3 is 5.97 Å². The van der Waals surface area contributed by atoms with Gasteiger partial charge in [-0.15, -0.1) is 0 Å². The van der Waals surface area contributed by atoms with Crippen molar-refractivity contribution in [1.82, 2.24) is 0 Å². The van der Waals surface area contributed by atoms with Crippen molar-refractivity contribution in [2.75, 3.05) is 20.3 Å². The standard InChI is InChI=1S/C13H19NO5/c1-18-13(17)12(14)6-9-2-4-11(5-3-9)19-8-10(16)7-15/h2-5,10,12,15-16H,6-8,14H2,1H3/t10?,12-/m0/s1. The molecule has 2 atom stereocenters.